The molecule has 1 aromatic carbocycles. The van der Waals surface area contributed by atoms with Crippen molar-refractivity contribution in [3.63, 3.8) is 0 Å². The highest BCUT2D eigenvalue weighted by Gasteiger charge is 2.17. The third-order valence-electron chi connectivity index (χ3n) is 3.53. The largest absolute Gasteiger partial charge is 0.250 e. The third kappa shape index (κ3) is 5.74. The summed E-state index contributed by atoms with van der Waals surface area (Å²) in [7, 11) is -2.22. The van der Waals surface area contributed by atoms with Crippen LogP contribution in [0.1, 0.15) is 5.56 Å². The normalized spacial score (nSPS) is 11.6. The van der Waals surface area contributed by atoms with Crippen molar-refractivity contribution in [1.29, 1.82) is 0 Å². The Morgan fingerprint density at radius 1 is 1.18 bits per heavy atom. The minimum atomic E-state index is -3.60. The van der Waals surface area contributed by atoms with Gasteiger partial charge in [-0.25, -0.2) is 28.0 Å². The van der Waals surface area contributed by atoms with Gasteiger partial charge in [-0.05, 0) is 42.3 Å². The van der Waals surface area contributed by atoms with E-state index >= 15 is 0 Å². The van der Waals surface area contributed by atoms with Gasteiger partial charge in [-0.2, -0.15) is 4.33 Å². The molecular formula is C17H16ClN3O4S3. The number of thiophene rings is 1. The maximum atomic E-state index is 12.5. The number of rotatable bonds is 9. The molecule has 0 aliphatic heterocycles. The summed E-state index contributed by atoms with van der Waals surface area (Å²) in [4.78, 5) is 13.6. The van der Waals surface area contributed by atoms with Gasteiger partial charge in [0.25, 0.3) is 0 Å². The summed E-state index contributed by atoms with van der Waals surface area (Å²) in [5.41, 5.74) is 1.60. The van der Waals surface area contributed by atoms with Gasteiger partial charge in [0, 0.05) is 17.8 Å². The lowest BCUT2D eigenvalue weighted by Crippen LogP contribution is -2.25. The number of nitrogens with zero attached hydrogens (tertiary/aromatic N) is 2. The van der Waals surface area contributed by atoms with Crippen molar-refractivity contribution in [3.05, 3.63) is 59.2 Å². The van der Waals surface area contributed by atoms with Gasteiger partial charge in [0.1, 0.15) is 16.3 Å². The van der Waals surface area contributed by atoms with Crippen LogP contribution in [0.3, 0.4) is 0 Å². The summed E-state index contributed by atoms with van der Waals surface area (Å²) >= 11 is 7.86. The van der Waals surface area contributed by atoms with Gasteiger partial charge < -0.3 is 0 Å². The van der Waals surface area contributed by atoms with Crippen molar-refractivity contribution in [2.75, 3.05) is 13.7 Å². The summed E-state index contributed by atoms with van der Waals surface area (Å²) in [5, 5.41) is 1.01. The Morgan fingerprint density at radius 2 is 1.96 bits per heavy atom. The highest BCUT2D eigenvalue weighted by atomic mass is 35.5. The fourth-order valence-electron chi connectivity index (χ4n) is 2.24. The van der Waals surface area contributed by atoms with Crippen LogP contribution in [0.5, 0.6) is 0 Å². The van der Waals surface area contributed by atoms with Crippen LogP contribution in [0.25, 0.3) is 10.6 Å². The minimum absolute atomic E-state index is 0.222. The quantitative estimate of drug-likeness (QED) is 0.225. The van der Waals surface area contributed by atoms with Crippen molar-refractivity contribution in [1.82, 2.24) is 14.7 Å². The second-order valence-corrected chi connectivity index (χ2v) is 9.62. The van der Waals surface area contributed by atoms with Gasteiger partial charge >= 0.3 is 0 Å². The molecule has 148 valence electrons. The zero-order valence-corrected chi connectivity index (χ0v) is 17.9. The molecule has 0 amide bonds. The van der Waals surface area contributed by atoms with Crippen LogP contribution in [0.2, 0.25) is 5.02 Å². The molecule has 1 N–H and O–H groups in total. The molecule has 2 heterocycles. The Morgan fingerprint density at radius 3 is 2.71 bits per heavy atom. The Bertz CT molecular complexity index is 1030. The Hall–Kier alpha value is -1.53. The molecule has 3 rings (SSSR count). The van der Waals surface area contributed by atoms with E-state index in [1.165, 1.54) is 7.11 Å². The standard InChI is InChI=1S/C17H16ClN3O4S3/c1-24-25-27-17-19-10-9-14(21-17)15-6-7-16(26-15)28(22,23)20-11-8-12-2-4-13(18)5-3-12/h2-7,9-10,20H,8,11H2,1H3. The minimum Gasteiger partial charge on any atom is -0.229 e. The van der Waals surface area contributed by atoms with E-state index in [-0.39, 0.29) is 4.21 Å². The van der Waals surface area contributed by atoms with Crippen LogP contribution in [-0.4, -0.2) is 32.0 Å². The van der Waals surface area contributed by atoms with Crippen LogP contribution in [0.4, 0.5) is 0 Å². The topological polar surface area (TPSA) is 90.4 Å². The zero-order chi connectivity index (χ0) is 20.0. The molecule has 2 aromatic heterocycles. The van der Waals surface area contributed by atoms with E-state index in [0.717, 1.165) is 28.9 Å². The van der Waals surface area contributed by atoms with Crippen molar-refractivity contribution in [2.24, 2.45) is 0 Å². The van der Waals surface area contributed by atoms with Gasteiger partial charge in [0.05, 0.1) is 17.7 Å². The molecule has 0 bridgehead atoms. The highest BCUT2D eigenvalue weighted by Crippen LogP contribution is 2.30. The van der Waals surface area contributed by atoms with E-state index in [9.17, 15) is 8.42 Å². The SMILES string of the molecule is COOSc1nccc(-c2ccc(S(=O)(=O)NCCc3ccc(Cl)cc3)s2)n1. The highest BCUT2D eigenvalue weighted by molar-refractivity contribution is 7.94. The molecular weight excluding hydrogens is 442 g/mol. The molecule has 0 fully saturated rings. The van der Waals surface area contributed by atoms with Crippen molar-refractivity contribution < 1.29 is 17.6 Å². The average Bonchev–Trinajstić information content (AvgIpc) is 3.19. The van der Waals surface area contributed by atoms with Gasteiger partial charge in [-0.15, -0.1) is 11.3 Å². The molecule has 0 unspecified atom stereocenters. The summed E-state index contributed by atoms with van der Waals surface area (Å²) in [5.74, 6) is 0. The van der Waals surface area contributed by atoms with Crippen LogP contribution >= 0.6 is 35.0 Å². The molecule has 0 aliphatic carbocycles. The number of aromatic nitrogens is 2. The maximum Gasteiger partial charge on any atom is 0.250 e. The van der Waals surface area contributed by atoms with Gasteiger partial charge in [0.2, 0.25) is 15.2 Å². The van der Waals surface area contributed by atoms with Crippen molar-refractivity contribution in [2.45, 2.75) is 15.8 Å². The predicted octanol–water partition coefficient (Wildman–Crippen LogP) is 3.96. The number of halogens is 1. The van der Waals surface area contributed by atoms with Crippen LogP contribution < -0.4 is 4.72 Å². The lowest BCUT2D eigenvalue weighted by molar-refractivity contribution is -0.160. The molecule has 11 heteroatoms. The fraction of sp³-hybridized carbons (Fsp3) is 0.176. The molecule has 7 nitrogen and oxygen atoms in total. The van der Waals surface area contributed by atoms with Crippen LogP contribution in [-0.2, 0) is 25.7 Å². The maximum absolute atomic E-state index is 12.5. The second-order valence-electron chi connectivity index (χ2n) is 5.44. The molecule has 0 spiro atoms. The van der Waals surface area contributed by atoms with Crippen molar-refractivity contribution >= 4 is 45.0 Å². The van der Waals surface area contributed by atoms with Crippen LogP contribution in [0, 0.1) is 0 Å². The molecule has 3 aromatic rings. The van der Waals surface area contributed by atoms with E-state index in [1.54, 1.807) is 36.5 Å². The number of benzene rings is 1. The monoisotopic (exact) mass is 457 g/mol. The summed E-state index contributed by atoms with van der Waals surface area (Å²) in [6.07, 6.45) is 2.14. The Kier molecular flexibility index (Phi) is 7.41. The summed E-state index contributed by atoms with van der Waals surface area (Å²) in [6.45, 7) is 0.292. The molecule has 0 aliphatic rings. The van der Waals surface area contributed by atoms with E-state index < -0.39 is 10.0 Å². The van der Waals surface area contributed by atoms with Crippen LogP contribution in [0.15, 0.2) is 58.0 Å². The van der Waals surface area contributed by atoms with E-state index in [4.69, 9.17) is 15.9 Å². The summed E-state index contributed by atoms with van der Waals surface area (Å²) < 4.78 is 32.6. The fourth-order valence-corrected chi connectivity index (χ4v) is 5.08. The third-order valence-corrected chi connectivity index (χ3v) is 7.39. The Balaban J connectivity index is 1.65. The predicted molar refractivity (Wildman–Crippen MR) is 110 cm³/mol. The molecule has 0 saturated heterocycles. The Labute approximate surface area is 176 Å². The molecule has 28 heavy (non-hydrogen) atoms. The zero-order valence-electron chi connectivity index (χ0n) is 14.7. The number of hydrogen-bond donors (Lipinski definition) is 1. The van der Waals surface area contributed by atoms with Gasteiger partial charge in [0.15, 0.2) is 0 Å². The van der Waals surface area contributed by atoms with Gasteiger partial charge in [-0.1, -0.05) is 23.7 Å². The summed E-state index contributed by atoms with van der Waals surface area (Å²) in [6, 6.07) is 12.3. The first-order chi connectivity index (χ1) is 13.5. The average molecular weight is 458 g/mol. The lowest BCUT2D eigenvalue weighted by Gasteiger charge is -2.05. The smallest absolute Gasteiger partial charge is 0.229 e. The first kappa shape index (κ1) is 21.2. The van der Waals surface area contributed by atoms with E-state index in [0.29, 0.717) is 33.7 Å². The van der Waals surface area contributed by atoms with Gasteiger partial charge in [-0.3, -0.25) is 0 Å². The number of nitrogens with one attached hydrogen (secondary N) is 1. The first-order valence-corrected chi connectivity index (χ1v) is 11.4. The molecule has 0 atom stereocenters. The lowest BCUT2D eigenvalue weighted by atomic mass is 10.2. The van der Waals surface area contributed by atoms with E-state index in [2.05, 4.69) is 19.6 Å². The van der Waals surface area contributed by atoms with Crippen molar-refractivity contribution in [3.8, 4) is 10.6 Å². The second kappa shape index (κ2) is 9.79. The molecule has 0 saturated carbocycles. The number of sulfonamides is 1. The number of hydrogen-bond acceptors (Lipinski definition) is 8. The van der Waals surface area contributed by atoms with E-state index in [1.807, 2.05) is 12.1 Å². The molecule has 0 radical (unpaired) electrons. The first-order valence-electron chi connectivity index (χ1n) is 8.02.